The molecule has 134 valence electrons. The van der Waals surface area contributed by atoms with Crippen molar-refractivity contribution in [2.24, 2.45) is 10.2 Å². The monoisotopic (exact) mass is 357 g/mol. The molecule has 3 aromatic carbocycles. The van der Waals surface area contributed by atoms with Gasteiger partial charge in [0.2, 0.25) is 5.91 Å². The highest BCUT2D eigenvalue weighted by molar-refractivity contribution is 6.01. The third-order valence-corrected chi connectivity index (χ3v) is 3.71. The van der Waals surface area contributed by atoms with Gasteiger partial charge in [-0.3, -0.25) is 4.79 Å². The van der Waals surface area contributed by atoms with Crippen LogP contribution in [0.15, 0.2) is 95.2 Å². The maximum Gasteiger partial charge on any atom is 0.248 e. The maximum atomic E-state index is 12.0. The number of carbonyl (C=O) groups excluding carboxylic acids is 1. The van der Waals surface area contributed by atoms with Gasteiger partial charge in [0, 0.05) is 11.8 Å². The molecule has 0 aliphatic rings. The Balaban J connectivity index is 1.56. The van der Waals surface area contributed by atoms with Crippen molar-refractivity contribution in [3.05, 3.63) is 90.5 Å². The minimum absolute atomic E-state index is 0.204. The number of amides is 1. The van der Waals surface area contributed by atoms with E-state index in [1.165, 1.54) is 6.08 Å². The van der Waals surface area contributed by atoms with E-state index in [2.05, 4.69) is 15.5 Å². The molecule has 0 saturated carbocycles. The van der Waals surface area contributed by atoms with Crippen LogP contribution in [0, 0.1) is 0 Å². The van der Waals surface area contributed by atoms with Gasteiger partial charge in [0.1, 0.15) is 5.75 Å². The minimum Gasteiger partial charge on any atom is -0.497 e. The van der Waals surface area contributed by atoms with Gasteiger partial charge in [0.25, 0.3) is 0 Å². The molecule has 0 radical (unpaired) electrons. The topological polar surface area (TPSA) is 63.0 Å². The molecule has 0 aromatic heterocycles. The van der Waals surface area contributed by atoms with Gasteiger partial charge in [0.05, 0.1) is 18.5 Å². The second kappa shape index (κ2) is 9.10. The van der Waals surface area contributed by atoms with Crippen LogP contribution in [0.25, 0.3) is 6.08 Å². The summed E-state index contributed by atoms with van der Waals surface area (Å²) >= 11 is 0. The largest absolute Gasteiger partial charge is 0.497 e. The number of hydrogen-bond donors (Lipinski definition) is 1. The number of nitrogens with one attached hydrogen (secondary N) is 1. The summed E-state index contributed by atoms with van der Waals surface area (Å²) in [4.78, 5) is 12.0. The first-order valence-corrected chi connectivity index (χ1v) is 8.43. The zero-order valence-electron chi connectivity index (χ0n) is 14.9. The molecule has 0 aliphatic carbocycles. The zero-order chi connectivity index (χ0) is 18.9. The predicted molar refractivity (Wildman–Crippen MR) is 108 cm³/mol. The highest BCUT2D eigenvalue weighted by Gasteiger charge is 1.99. The van der Waals surface area contributed by atoms with E-state index in [-0.39, 0.29) is 5.91 Å². The third kappa shape index (κ3) is 5.64. The smallest absolute Gasteiger partial charge is 0.248 e. The third-order valence-electron chi connectivity index (χ3n) is 3.71. The fraction of sp³-hybridized carbons (Fsp3) is 0.0455. The number of nitrogens with zero attached hydrogens (tertiary/aromatic N) is 2. The van der Waals surface area contributed by atoms with Gasteiger partial charge in [-0.15, -0.1) is 0 Å². The van der Waals surface area contributed by atoms with Gasteiger partial charge in [-0.1, -0.05) is 30.3 Å². The summed E-state index contributed by atoms with van der Waals surface area (Å²) in [5.41, 5.74) is 3.12. The normalized spacial score (nSPS) is 11.0. The molecule has 0 heterocycles. The highest BCUT2D eigenvalue weighted by atomic mass is 16.5. The number of azo groups is 1. The molecule has 0 saturated heterocycles. The number of rotatable bonds is 6. The Bertz CT molecular complexity index is 932. The highest BCUT2D eigenvalue weighted by Crippen LogP contribution is 2.20. The maximum absolute atomic E-state index is 12.0. The molecule has 0 aliphatic heterocycles. The number of hydrogen-bond acceptors (Lipinski definition) is 4. The van der Waals surface area contributed by atoms with Gasteiger partial charge < -0.3 is 10.1 Å². The molecular formula is C22H19N3O2. The molecule has 1 amide bonds. The van der Waals surface area contributed by atoms with Gasteiger partial charge in [-0.25, -0.2) is 0 Å². The van der Waals surface area contributed by atoms with Crippen molar-refractivity contribution in [3.8, 4) is 5.75 Å². The molecule has 0 bridgehead atoms. The molecule has 5 nitrogen and oxygen atoms in total. The minimum atomic E-state index is -0.204. The first-order chi connectivity index (χ1) is 13.2. The summed E-state index contributed by atoms with van der Waals surface area (Å²) in [6.07, 6.45) is 3.24. The number of anilines is 1. The van der Waals surface area contributed by atoms with Crippen LogP contribution in [0.5, 0.6) is 5.75 Å². The molecule has 27 heavy (non-hydrogen) atoms. The molecule has 5 heteroatoms. The zero-order valence-corrected chi connectivity index (χ0v) is 14.9. The Labute approximate surface area is 158 Å². The standard InChI is InChI=1S/C22H19N3O2/c1-27-21-14-7-17(8-15-21)9-16-22(26)23-18-10-12-20(13-11-18)25-24-19-5-3-2-4-6-19/h2-16H,1H3,(H,23,26)/b16-9+,25-24?. The van der Waals surface area contributed by atoms with Crippen molar-refractivity contribution in [2.45, 2.75) is 0 Å². The molecular weight excluding hydrogens is 338 g/mol. The first kappa shape index (κ1) is 18.1. The Morgan fingerprint density at radius 1 is 0.852 bits per heavy atom. The van der Waals surface area contributed by atoms with Crippen LogP contribution in [0.1, 0.15) is 5.56 Å². The first-order valence-electron chi connectivity index (χ1n) is 8.43. The fourth-order valence-electron chi connectivity index (χ4n) is 2.29. The van der Waals surface area contributed by atoms with E-state index in [0.29, 0.717) is 11.4 Å². The SMILES string of the molecule is COc1ccc(/C=C/C(=O)Nc2ccc(N=Nc3ccccc3)cc2)cc1. The molecule has 0 fully saturated rings. The second-order valence-corrected chi connectivity index (χ2v) is 5.68. The van der Waals surface area contributed by atoms with Crippen LogP contribution < -0.4 is 10.1 Å². The fourth-order valence-corrected chi connectivity index (χ4v) is 2.29. The number of methoxy groups -OCH3 is 1. The number of ether oxygens (including phenoxy) is 1. The quantitative estimate of drug-likeness (QED) is 0.450. The van der Waals surface area contributed by atoms with E-state index < -0.39 is 0 Å². The summed E-state index contributed by atoms with van der Waals surface area (Å²) in [6, 6.07) is 24.2. The van der Waals surface area contributed by atoms with Crippen molar-refractivity contribution in [1.82, 2.24) is 0 Å². The molecule has 1 N–H and O–H groups in total. The summed E-state index contributed by atoms with van der Waals surface area (Å²) in [5.74, 6) is 0.575. The molecule has 3 rings (SSSR count). The van der Waals surface area contributed by atoms with Crippen molar-refractivity contribution in [3.63, 3.8) is 0 Å². The van der Waals surface area contributed by atoms with Crippen LogP contribution in [0.4, 0.5) is 17.1 Å². The van der Waals surface area contributed by atoms with Gasteiger partial charge >= 0.3 is 0 Å². The summed E-state index contributed by atoms with van der Waals surface area (Å²) in [7, 11) is 1.62. The van der Waals surface area contributed by atoms with Crippen molar-refractivity contribution >= 4 is 29.0 Å². The van der Waals surface area contributed by atoms with Crippen LogP contribution in [-0.2, 0) is 4.79 Å². The lowest BCUT2D eigenvalue weighted by atomic mass is 10.2. The van der Waals surface area contributed by atoms with E-state index in [1.807, 2.05) is 54.6 Å². The molecule has 0 unspecified atom stereocenters. The van der Waals surface area contributed by atoms with Crippen LogP contribution in [0.3, 0.4) is 0 Å². The van der Waals surface area contributed by atoms with Gasteiger partial charge in [0.15, 0.2) is 0 Å². The number of benzene rings is 3. The van der Waals surface area contributed by atoms with Crippen molar-refractivity contribution in [2.75, 3.05) is 12.4 Å². The predicted octanol–water partition coefficient (Wildman–Crippen LogP) is 5.76. The number of carbonyl (C=O) groups is 1. The lowest BCUT2D eigenvalue weighted by Gasteiger charge is -2.02. The van der Waals surface area contributed by atoms with E-state index in [0.717, 1.165) is 17.0 Å². The van der Waals surface area contributed by atoms with E-state index in [4.69, 9.17) is 4.74 Å². The second-order valence-electron chi connectivity index (χ2n) is 5.68. The summed E-state index contributed by atoms with van der Waals surface area (Å²) < 4.78 is 5.11. The van der Waals surface area contributed by atoms with Crippen LogP contribution in [-0.4, -0.2) is 13.0 Å². The molecule has 0 atom stereocenters. The Hall–Kier alpha value is -3.73. The van der Waals surface area contributed by atoms with Gasteiger partial charge in [-0.05, 0) is 60.2 Å². The van der Waals surface area contributed by atoms with Crippen LogP contribution >= 0.6 is 0 Å². The Kier molecular flexibility index (Phi) is 6.09. The Morgan fingerprint density at radius 2 is 1.48 bits per heavy atom. The lowest BCUT2D eigenvalue weighted by Crippen LogP contribution is -2.07. The average molecular weight is 357 g/mol. The van der Waals surface area contributed by atoms with Crippen molar-refractivity contribution < 1.29 is 9.53 Å². The lowest BCUT2D eigenvalue weighted by molar-refractivity contribution is -0.111. The van der Waals surface area contributed by atoms with E-state index >= 15 is 0 Å². The Morgan fingerprint density at radius 3 is 2.11 bits per heavy atom. The van der Waals surface area contributed by atoms with Crippen molar-refractivity contribution in [1.29, 1.82) is 0 Å². The van der Waals surface area contributed by atoms with Crippen LogP contribution in [0.2, 0.25) is 0 Å². The molecule has 0 spiro atoms. The van der Waals surface area contributed by atoms with E-state index in [1.54, 1.807) is 37.5 Å². The molecule has 3 aromatic rings. The van der Waals surface area contributed by atoms with E-state index in [9.17, 15) is 4.79 Å². The summed E-state index contributed by atoms with van der Waals surface area (Å²) in [6.45, 7) is 0. The van der Waals surface area contributed by atoms with Gasteiger partial charge in [-0.2, -0.15) is 10.2 Å². The summed E-state index contributed by atoms with van der Waals surface area (Å²) in [5, 5.41) is 11.1. The average Bonchev–Trinajstić information content (AvgIpc) is 2.73.